The molecule has 0 amide bonds. The van der Waals surface area contributed by atoms with E-state index in [1.165, 1.54) is 0 Å². The van der Waals surface area contributed by atoms with E-state index in [0.29, 0.717) is 5.82 Å². The summed E-state index contributed by atoms with van der Waals surface area (Å²) in [6.07, 6.45) is 3.25. The molecule has 14 heavy (non-hydrogen) atoms. The van der Waals surface area contributed by atoms with Crippen LogP contribution in [-0.2, 0) is 0 Å². The molecule has 0 spiro atoms. The number of likely N-dealkylation sites (N-methyl/N-ethyl adjacent to an activating group) is 1. The Bertz CT molecular complexity index is 304. The lowest BCUT2D eigenvalue weighted by Gasteiger charge is -2.21. The zero-order valence-corrected chi connectivity index (χ0v) is 8.70. The first kappa shape index (κ1) is 10.5. The van der Waals surface area contributed by atoms with Crippen LogP contribution >= 0.6 is 0 Å². The van der Waals surface area contributed by atoms with Crippen LogP contribution in [0.4, 0.5) is 11.6 Å². The molecule has 2 N–H and O–H groups in total. The summed E-state index contributed by atoms with van der Waals surface area (Å²) in [5.41, 5.74) is 6.56. The van der Waals surface area contributed by atoms with E-state index < -0.39 is 0 Å². The van der Waals surface area contributed by atoms with Crippen molar-refractivity contribution in [1.29, 1.82) is 0 Å². The van der Waals surface area contributed by atoms with Crippen molar-refractivity contribution in [3.63, 3.8) is 0 Å². The molecule has 0 unspecified atom stereocenters. The van der Waals surface area contributed by atoms with E-state index in [-0.39, 0.29) is 0 Å². The number of rotatable bonds is 4. The minimum absolute atomic E-state index is 0.445. The Hall–Kier alpha value is -1.58. The van der Waals surface area contributed by atoms with Gasteiger partial charge in [0.15, 0.2) is 0 Å². The van der Waals surface area contributed by atoms with E-state index >= 15 is 0 Å². The second kappa shape index (κ2) is 4.60. The van der Waals surface area contributed by atoms with Gasteiger partial charge in [-0.3, -0.25) is 0 Å². The smallest absolute Gasteiger partial charge is 0.147 e. The summed E-state index contributed by atoms with van der Waals surface area (Å²) >= 11 is 0. The van der Waals surface area contributed by atoms with Crippen molar-refractivity contribution < 1.29 is 0 Å². The van der Waals surface area contributed by atoms with E-state index in [2.05, 4.69) is 28.4 Å². The average Bonchev–Trinajstić information content (AvgIpc) is 2.15. The molecule has 0 aliphatic rings. The second-order valence-corrected chi connectivity index (χ2v) is 3.27. The molecule has 0 saturated heterocycles. The number of hydrogen-bond donors (Lipinski definition) is 1. The molecular weight excluding hydrogens is 176 g/mol. The molecule has 1 aromatic heterocycles. The molecule has 0 radical (unpaired) electrons. The highest BCUT2D eigenvalue weighted by atomic mass is 15.2. The topological polar surface area (TPSA) is 55.0 Å². The van der Waals surface area contributed by atoms with Gasteiger partial charge < -0.3 is 10.6 Å². The van der Waals surface area contributed by atoms with Gasteiger partial charge in [0.2, 0.25) is 0 Å². The summed E-state index contributed by atoms with van der Waals surface area (Å²) in [4.78, 5) is 10.3. The van der Waals surface area contributed by atoms with Crippen molar-refractivity contribution in [2.24, 2.45) is 0 Å². The van der Waals surface area contributed by atoms with Crippen LogP contribution in [0.3, 0.4) is 0 Å². The maximum Gasteiger partial charge on any atom is 0.147 e. The molecule has 0 atom stereocenters. The lowest BCUT2D eigenvalue weighted by molar-refractivity contribution is 0.854. The average molecular weight is 192 g/mol. The summed E-state index contributed by atoms with van der Waals surface area (Å²) in [6.45, 7) is 9.62. The number of nitrogens with zero attached hydrogens (tertiary/aromatic N) is 3. The van der Waals surface area contributed by atoms with Gasteiger partial charge in [-0.05, 0) is 13.8 Å². The van der Waals surface area contributed by atoms with Gasteiger partial charge in [-0.2, -0.15) is 0 Å². The van der Waals surface area contributed by atoms with E-state index in [9.17, 15) is 0 Å². The van der Waals surface area contributed by atoms with Crippen LogP contribution in [0.2, 0.25) is 0 Å². The minimum atomic E-state index is 0.445. The maximum atomic E-state index is 5.46. The first-order chi connectivity index (χ1) is 6.63. The Morgan fingerprint density at radius 2 is 2.21 bits per heavy atom. The zero-order chi connectivity index (χ0) is 10.6. The van der Waals surface area contributed by atoms with Crippen LogP contribution in [0.1, 0.15) is 13.8 Å². The summed E-state index contributed by atoms with van der Waals surface area (Å²) in [5.74, 6) is 1.28. The quantitative estimate of drug-likeness (QED) is 0.734. The van der Waals surface area contributed by atoms with E-state index in [1.807, 2.05) is 6.92 Å². The van der Waals surface area contributed by atoms with Crippen molar-refractivity contribution in [2.75, 3.05) is 23.7 Å². The molecule has 76 valence electrons. The third-order valence-electron chi connectivity index (χ3n) is 1.82. The Morgan fingerprint density at radius 3 is 2.64 bits per heavy atom. The highest BCUT2D eigenvalue weighted by Crippen LogP contribution is 2.10. The fourth-order valence-electron chi connectivity index (χ4n) is 1.18. The lowest BCUT2D eigenvalue weighted by atomic mass is 10.3. The minimum Gasteiger partial charge on any atom is -0.382 e. The number of hydrogen-bond acceptors (Lipinski definition) is 4. The Kier molecular flexibility index (Phi) is 3.45. The molecule has 1 aromatic rings. The van der Waals surface area contributed by atoms with Crippen LogP contribution in [0.15, 0.2) is 24.5 Å². The Labute approximate surface area is 84.5 Å². The molecule has 1 heterocycles. The zero-order valence-electron chi connectivity index (χ0n) is 8.70. The monoisotopic (exact) mass is 192 g/mol. The van der Waals surface area contributed by atoms with Gasteiger partial charge in [0, 0.05) is 13.1 Å². The second-order valence-electron chi connectivity index (χ2n) is 3.27. The van der Waals surface area contributed by atoms with Crippen molar-refractivity contribution >= 4 is 11.6 Å². The van der Waals surface area contributed by atoms with Crippen molar-refractivity contribution in [3.05, 3.63) is 24.5 Å². The van der Waals surface area contributed by atoms with Crippen LogP contribution in [0.5, 0.6) is 0 Å². The standard InChI is InChI=1S/C10H16N4/c1-4-14(7-8(2)3)10-6-12-9(11)5-13-10/h5-6H,2,4,7H2,1,3H3,(H2,11,12). The lowest BCUT2D eigenvalue weighted by Crippen LogP contribution is -2.25. The van der Waals surface area contributed by atoms with E-state index in [4.69, 9.17) is 5.73 Å². The maximum absolute atomic E-state index is 5.46. The summed E-state index contributed by atoms with van der Waals surface area (Å²) in [6, 6.07) is 0. The van der Waals surface area contributed by atoms with E-state index in [0.717, 1.165) is 24.5 Å². The SMILES string of the molecule is C=C(C)CN(CC)c1cnc(N)cn1. The molecule has 0 aliphatic carbocycles. The molecule has 0 aliphatic heterocycles. The van der Waals surface area contributed by atoms with Gasteiger partial charge in [-0.25, -0.2) is 9.97 Å². The predicted octanol–water partition coefficient (Wildman–Crippen LogP) is 1.46. The summed E-state index contributed by atoms with van der Waals surface area (Å²) in [7, 11) is 0. The van der Waals surface area contributed by atoms with Gasteiger partial charge in [0.05, 0.1) is 12.4 Å². The van der Waals surface area contributed by atoms with Crippen molar-refractivity contribution in [1.82, 2.24) is 9.97 Å². The molecule has 0 aromatic carbocycles. The highest BCUT2D eigenvalue weighted by Gasteiger charge is 2.05. The van der Waals surface area contributed by atoms with Crippen molar-refractivity contribution in [2.45, 2.75) is 13.8 Å². The molecule has 0 fully saturated rings. The molecule has 0 bridgehead atoms. The molecular formula is C10H16N4. The third kappa shape index (κ3) is 2.73. The number of nitrogen functional groups attached to an aromatic ring is 1. The van der Waals surface area contributed by atoms with Gasteiger partial charge >= 0.3 is 0 Å². The summed E-state index contributed by atoms with van der Waals surface area (Å²) < 4.78 is 0. The van der Waals surface area contributed by atoms with Crippen molar-refractivity contribution in [3.8, 4) is 0 Å². The Morgan fingerprint density at radius 1 is 1.50 bits per heavy atom. The van der Waals surface area contributed by atoms with Gasteiger partial charge in [-0.15, -0.1) is 0 Å². The molecule has 4 heteroatoms. The van der Waals surface area contributed by atoms with Crippen LogP contribution in [-0.4, -0.2) is 23.1 Å². The van der Waals surface area contributed by atoms with E-state index in [1.54, 1.807) is 12.4 Å². The van der Waals surface area contributed by atoms with Gasteiger partial charge in [0.1, 0.15) is 11.6 Å². The van der Waals surface area contributed by atoms with Crippen LogP contribution in [0, 0.1) is 0 Å². The van der Waals surface area contributed by atoms with Crippen LogP contribution < -0.4 is 10.6 Å². The van der Waals surface area contributed by atoms with Gasteiger partial charge in [0.25, 0.3) is 0 Å². The number of nitrogens with two attached hydrogens (primary N) is 1. The van der Waals surface area contributed by atoms with Crippen LogP contribution in [0.25, 0.3) is 0 Å². The number of aromatic nitrogens is 2. The largest absolute Gasteiger partial charge is 0.382 e. The first-order valence-corrected chi connectivity index (χ1v) is 4.60. The summed E-state index contributed by atoms with van der Waals surface area (Å²) in [5, 5.41) is 0. The third-order valence-corrected chi connectivity index (χ3v) is 1.82. The molecule has 4 nitrogen and oxygen atoms in total. The Balaban J connectivity index is 2.78. The predicted molar refractivity (Wildman–Crippen MR) is 59.1 cm³/mol. The fourth-order valence-corrected chi connectivity index (χ4v) is 1.18. The first-order valence-electron chi connectivity index (χ1n) is 4.60. The normalized spacial score (nSPS) is 9.86. The molecule has 1 rings (SSSR count). The fraction of sp³-hybridized carbons (Fsp3) is 0.400. The van der Waals surface area contributed by atoms with Gasteiger partial charge in [-0.1, -0.05) is 12.2 Å². The highest BCUT2D eigenvalue weighted by molar-refractivity contribution is 5.40. The number of anilines is 2. The molecule has 0 saturated carbocycles.